The van der Waals surface area contributed by atoms with Gasteiger partial charge in [0.25, 0.3) is 0 Å². The molecule has 1 aliphatic rings. The summed E-state index contributed by atoms with van der Waals surface area (Å²) in [6, 6.07) is 0. The number of hydrogen-bond donors (Lipinski definition) is 1. The maximum atomic E-state index is 5.67. The van der Waals surface area contributed by atoms with Gasteiger partial charge in [0.05, 0.1) is 6.10 Å². The van der Waals surface area contributed by atoms with E-state index in [1.807, 2.05) is 0 Å². The van der Waals surface area contributed by atoms with Crippen molar-refractivity contribution in [2.24, 2.45) is 5.41 Å². The maximum absolute atomic E-state index is 5.67. The van der Waals surface area contributed by atoms with Crippen molar-refractivity contribution in [3.63, 3.8) is 0 Å². The van der Waals surface area contributed by atoms with Crippen LogP contribution in [0.4, 0.5) is 0 Å². The Morgan fingerprint density at radius 2 is 2.19 bits per heavy atom. The molecule has 0 aromatic carbocycles. The van der Waals surface area contributed by atoms with E-state index in [1.165, 1.54) is 44.9 Å². The van der Waals surface area contributed by atoms with Gasteiger partial charge in [0, 0.05) is 13.2 Å². The molecule has 1 N–H and O–H groups in total. The van der Waals surface area contributed by atoms with Crippen molar-refractivity contribution in [1.29, 1.82) is 0 Å². The lowest BCUT2D eigenvalue weighted by molar-refractivity contribution is 0.0974. The Morgan fingerprint density at radius 1 is 1.38 bits per heavy atom. The fraction of sp³-hybridized carbons (Fsp3) is 1.00. The second-order valence-corrected chi connectivity index (χ2v) is 5.62. The molecule has 0 radical (unpaired) electrons. The minimum Gasteiger partial charge on any atom is -0.378 e. The largest absolute Gasteiger partial charge is 0.378 e. The van der Waals surface area contributed by atoms with E-state index < -0.39 is 0 Å². The van der Waals surface area contributed by atoms with E-state index in [4.69, 9.17) is 4.74 Å². The Bertz CT molecular complexity index is 170. The summed E-state index contributed by atoms with van der Waals surface area (Å²) in [6.45, 7) is 6.84. The van der Waals surface area contributed by atoms with Crippen molar-refractivity contribution in [1.82, 2.24) is 5.32 Å². The van der Waals surface area contributed by atoms with Crippen LogP contribution in [-0.4, -0.2) is 26.3 Å². The number of hydrogen-bond acceptors (Lipinski definition) is 2. The third-order valence-corrected chi connectivity index (χ3v) is 3.79. The highest BCUT2D eigenvalue weighted by Crippen LogP contribution is 2.30. The van der Waals surface area contributed by atoms with Crippen molar-refractivity contribution in [2.75, 3.05) is 20.2 Å². The Labute approximate surface area is 101 Å². The highest BCUT2D eigenvalue weighted by atomic mass is 16.5. The van der Waals surface area contributed by atoms with Gasteiger partial charge in [-0.2, -0.15) is 0 Å². The van der Waals surface area contributed by atoms with Crippen molar-refractivity contribution >= 4 is 0 Å². The van der Waals surface area contributed by atoms with Crippen LogP contribution in [-0.2, 0) is 4.74 Å². The molecule has 2 unspecified atom stereocenters. The summed E-state index contributed by atoms with van der Waals surface area (Å²) < 4.78 is 5.67. The second-order valence-electron chi connectivity index (χ2n) is 5.62. The molecule has 0 aromatic heterocycles. The molecule has 0 amide bonds. The molecule has 16 heavy (non-hydrogen) atoms. The van der Waals surface area contributed by atoms with Crippen LogP contribution in [0.5, 0.6) is 0 Å². The van der Waals surface area contributed by atoms with Crippen LogP contribution in [0.3, 0.4) is 0 Å². The zero-order valence-corrected chi connectivity index (χ0v) is 11.3. The highest BCUT2D eigenvalue weighted by Gasteiger charge is 2.23. The summed E-state index contributed by atoms with van der Waals surface area (Å²) >= 11 is 0. The van der Waals surface area contributed by atoms with Crippen LogP contribution in [0.2, 0.25) is 0 Å². The third kappa shape index (κ3) is 4.84. The van der Waals surface area contributed by atoms with Crippen LogP contribution in [0.1, 0.15) is 58.8 Å². The van der Waals surface area contributed by atoms with Crippen molar-refractivity contribution in [3.8, 4) is 0 Å². The minimum absolute atomic E-state index is 0.488. The highest BCUT2D eigenvalue weighted by molar-refractivity contribution is 4.77. The van der Waals surface area contributed by atoms with E-state index in [1.54, 1.807) is 0 Å². The first-order chi connectivity index (χ1) is 7.70. The standard InChI is InChI=1S/C14H29NO/c1-4-9-14(2,12-15-3)10-5-7-13-8-6-11-16-13/h13,15H,4-12H2,1-3H3. The molecule has 2 nitrogen and oxygen atoms in total. The molecule has 1 aliphatic heterocycles. The fourth-order valence-corrected chi connectivity index (χ4v) is 2.96. The first-order valence-corrected chi connectivity index (χ1v) is 6.96. The van der Waals surface area contributed by atoms with Gasteiger partial charge >= 0.3 is 0 Å². The molecule has 0 spiro atoms. The molecule has 0 aliphatic carbocycles. The number of nitrogens with one attached hydrogen (secondary N) is 1. The molecule has 0 saturated carbocycles. The summed E-state index contributed by atoms with van der Waals surface area (Å²) in [5.41, 5.74) is 0.488. The van der Waals surface area contributed by atoms with Crippen molar-refractivity contribution in [3.05, 3.63) is 0 Å². The monoisotopic (exact) mass is 227 g/mol. The summed E-state index contributed by atoms with van der Waals surface area (Å²) in [7, 11) is 2.06. The van der Waals surface area contributed by atoms with Crippen LogP contribution >= 0.6 is 0 Å². The molecule has 0 aromatic rings. The van der Waals surface area contributed by atoms with Crippen molar-refractivity contribution < 1.29 is 4.74 Å². The van der Waals surface area contributed by atoms with Gasteiger partial charge in [0.1, 0.15) is 0 Å². The number of ether oxygens (including phenoxy) is 1. The predicted molar refractivity (Wildman–Crippen MR) is 69.8 cm³/mol. The average Bonchev–Trinajstić information content (AvgIpc) is 2.71. The van der Waals surface area contributed by atoms with Gasteiger partial charge in [0.2, 0.25) is 0 Å². The zero-order valence-electron chi connectivity index (χ0n) is 11.3. The van der Waals surface area contributed by atoms with Crippen molar-refractivity contribution in [2.45, 2.75) is 64.9 Å². The Balaban J connectivity index is 2.20. The molecular weight excluding hydrogens is 198 g/mol. The van der Waals surface area contributed by atoms with Crippen LogP contribution in [0.15, 0.2) is 0 Å². The van der Waals surface area contributed by atoms with E-state index >= 15 is 0 Å². The average molecular weight is 227 g/mol. The van der Waals surface area contributed by atoms with Crippen LogP contribution < -0.4 is 5.32 Å². The van der Waals surface area contributed by atoms with Crippen LogP contribution in [0, 0.1) is 5.41 Å². The maximum Gasteiger partial charge on any atom is 0.0576 e. The lowest BCUT2D eigenvalue weighted by Crippen LogP contribution is -2.29. The second kappa shape index (κ2) is 7.29. The normalized spacial score (nSPS) is 24.6. The van der Waals surface area contributed by atoms with Gasteiger partial charge in [-0.3, -0.25) is 0 Å². The third-order valence-electron chi connectivity index (χ3n) is 3.79. The summed E-state index contributed by atoms with van der Waals surface area (Å²) in [5.74, 6) is 0. The van der Waals surface area contributed by atoms with E-state index in [0.717, 1.165) is 13.2 Å². The molecular formula is C14H29NO. The SMILES string of the molecule is CCCC(C)(CCCC1CCCO1)CNC. The lowest BCUT2D eigenvalue weighted by atomic mass is 9.80. The van der Waals surface area contributed by atoms with Gasteiger partial charge in [-0.1, -0.05) is 26.7 Å². The van der Waals surface area contributed by atoms with Gasteiger partial charge in [0.15, 0.2) is 0 Å². The van der Waals surface area contributed by atoms with E-state index in [9.17, 15) is 0 Å². The Kier molecular flexibility index (Phi) is 6.37. The van der Waals surface area contributed by atoms with Gasteiger partial charge < -0.3 is 10.1 Å². The molecule has 2 atom stereocenters. The molecule has 1 heterocycles. The van der Waals surface area contributed by atoms with Gasteiger partial charge in [-0.15, -0.1) is 0 Å². The van der Waals surface area contributed by atoms with Gasteiger partial charge in [-0.05, 0) is 44.6 Å². The van der Waals surface area contributed by atoms with Gasteiger partial charge in [-0.25, -0.2) is 0 Å². The molecule has 0 bridgehead atoms. The molecule has 1 rings (SSSR count). The van der Waals surface area contributed by atoms with E-state index in [-0.39, 0.29) is 0 Å². The molecule has 1 saturated heterocycles. The topological polar surface area (TPSA) is 21.3 Å². The first-order valence-electron chi connectivity index (χ1n) is 6.96. The summed E-state index contributed by atoms with van der Waals surface area (Å²) in [5, 5.41) is 3.34. The Morgan fingerprint density at radius 3 is 2.75 bits per heavy atom. The fourth-order valence-electron chi connectivity index (χ4n) is 2.96. The van der Waals surface area contributed by atoms with E-state index in [2.05, 4.69) is 26.2 Å². The lowest BCUT2D eigenvalue weighted by Gasteiger charge is -2.29. The minimum atomic E-state index is 0.488. The quantitative estimate of drug-likeness (QED) is 0.686. The van der Waals surface area contributed by atoms with Crippen LogP contribution in [0.25, 0.3) is 0 Å². The smallest absolute Gasteiger partial charge is 0.0576 e. The molecule has 1 fully saturated rings. The molecule has 2 heteroatoms. The molecule has 96 valence electrons. The summed E-state index contributed by atoms with van der Waals surface area (Å²) in [4.78, 5) is 0. The zero-order chi connectivity index (χ0) is 11.9. The first kappa shape index (κ1) is 14.0. The Hall–Kier alpha value is -0.0800. The number of rotatable bonds is 8. The predicted octanol–water partition coefficient (Wildman–Crippen LogP) is 3.36. The summed E-state index contributed by atoms with van der Waals surface area (Å²) in [6.07, 6.45) is 9.68. The van der Waals surface area contributed by atoms with E-state index in [0.29, 0.717) is 11.5 Å².